The van der Waals surface area contributed by atoms with Gasteiger partial charge < -0.3 is 24.8 Å². The zero-order valence-corrected chi connectivity index (χ0v) is 22.8. The monoisotopic (exact) mass is 667 g/mol. The molecule has 0 aromatic carbocycles. The highest BCUT2D eigenvalue weighted by atomic mass is 19.4. The summed E-state index contributed by atoms with van der Waals surface area (Å²) in [6.45, 7) is 4.53. The molecule has 2 aliphatic heterocycles. The van der Waals surface area contributed by atoms with E-state index < -0.39 is 36.4 Å². The van der Waals surface area contributed by atoms with Crippen LogP contribution in [0.25, 0.3) is 0 Å². The lowest BCUT2D eigenvalue weighted by atomic mass is 9.77. The SMILES string of the molecule is O=C(O)C(F)(F)F.O=C(O)C(F)(F)F.O=C(O)C(F)(F)F.c1cncc(CN2CC[C@H]3OCC[C@@]3(COc3cccnc3)C2)c1. The second-order valence-electron chi connectivity index (χ2n) is 9.22. The Morgan fingerprint density at radius 1 is 0.867 bits per heavy atom. The molecule has 2 saturated heterocycles. The van der Waals surface area contributed by atoms with Gasteiger partial charge in [-0.25, -0.2) is 14.4 Å². The minimum absolute atomic E-state index is 0.0797. The predicted octanol–water partition coefficient (Wildman–Crippen LogP) is 4.44. The average molecular weight is 667 g/mol. The topological polar surface area (TPSA) is 159 Å². The summed E-state index contributed by atoms with van der Waals surface area (Å²) in [6.07, 6.45) is -5.50. The van der Waals surface area contributed by atoms with Crippen molar-refractivity contribution in [2.24, 2.45) is 5.41 Å². The first-order chi connectivity index (χ1) is 20.7. The van der Waals surface area contributed by atoms with Crippen molar-refractivity contribution in [1.29, 1.82) is 0 Å². The van der Waals surface area contributed by atoms with Crippen molar-refractivity contribution in [1.82, 2.24) is 14.9 Å². The molecule has 3 N–H and O–H groups in total. The van der Waals surface area contributed by atoms with Crippen molar-refractivity contribution in [3.63, 3.8) is 0 Å². The lowest BCUT2D eigenvalue weighted by Crippen LogP contribution is -2.52. The summed E-state index contributed by atoms with van der Waals surface area (Å²) in [6, 6.07) is 8.01. The Labute approximate surface area is 248 Å². The summed E-state index contributed by atoms with van der Waals surface area (Å²) in [5, 5.41) is 21.4. The van der Waals surface area contributed by atoms with Gasteiger partial charge in [-0.15, -0.1) is 0 Å². The standard InChI is InChI=1S/C19H23N3O2.3C2HF3O2/c1-3-16(11-20-7-1)13-22-9-5-18-19(14-22,6-10-23-18)15-24-17-4-2-8-21-12-17;3*3-2(4,5)1(6)7/h1-4,7-8,11-12,18H,5-6,9-10,13-15H2;3*(H,6,7)/t18-,19+;;;/m1.../s1. The maximum absolute atomic E-state index is 10.6. The number of fused-ring (bicyclic) bond motifs is 1. The van der Waals surface area contributed by atoms with Crippen molar-refractivity contribution in [3.8, 4) is 5.75 Å². The number of aromatic nitrogens is 2. The van der Waals surface area contributed by atoms with E-state index in [1.165, 1.54) is 5.56 Å². The number of ether oxygens (including phenoxy) is 2. The fraction of sp³-hybridized carbons (Fsp3) is 0.480. The van der Waals surface area contributed by atoms with Gasteiger partial charge in [-0.1, -0.05) is 6.07 Å². The van der Waals surface area contributed by atoms with E-state index in [1.54, 1.807) is 12.4 Å². The largest absolute Gasteiger partial charge is 0.491 e. The molecule has 4 heterocycles. The Morgan fingerprint density at radius 2 is 1.36 bits per heavy atom. The fourth-order valence-corrected chi connectivity index (χ4v) is 3.89. The van der Waals surface area contributed by atoms with Gasteiger partial charge in [0.15, 0.2) is 0 Å². The van der Waals surface area contributed by atoms with Crippen molar-refractivity contribution in [2.45, 2.75) is 44.0 Å². The lowest BCUT2D eigenvalue weighted by Gasteiger charge is -2.43. The quantitative estimate of drug-likeness (QED) is 0.387. The Morgan fingerprint density at radius 3 is 1.78 bits per heavy atom. The van der Waals surface area contributed by atoms with E-state index in [1.807, 2.05) is 30.6 Å². The van der Waals surface area contributed by atoms with Crippen LogP contribution in [-0.2, 0) is 25.7 Å². The zero-order chi connectivity index (χ0) is 34.5. The number of hydrogen-bond acceptors (Lipinski definition) is 8. The second kappa shape index (κ2) is 16.8. The number of rotatable bonds is 5. The molecule has 4 rings (SSSR count). The normalized spacial score (nSPS) is 19.6. The third-order valence-electron chi connectivity index (χ3n) is 5.87. The van der Waals surface area contributed by atoms with Crippen molar-refractivity contribution in [3.05, 3.63) is 54.6 Å². The average Bonchev–Trinajstić information content (AvgIpc) is 3.36. The van der Waals surface area contributed by atoms with Crippen LogP contribution < -0.4 is 4.74 Å². The van der Waals surface area contributed by atoms with Gasteiger partial charge in [0.1, 0.15) is 5.75 Å². The van der Waals surface area contributed by atoms with Gasteiger partial charge in [-0.2, -0.15) is 39.5 Å². The minimum Gasteiger partial charge on any atom is -0.491 e. The van der Waals surface area contributed by atoms with Gasteiger partial charge in [-0.05, 0) is 36.6 Å². The molecular formula is C25H26F9N3O8. The number of pyridine rings is 2. The van der Waals surface area contributed by atoms with E-state index in [-0.39, 0.29) is 5.41 Å². The Hall–Kier alpha value is -4.20. The number of alkyl halides is 9. The molecule has 0 unspecified atom stereocenters. The van der Waals surface area contributed by atoms with Crippen LogP contribution >= 0.6 is 0 Å². The van der Waals surface area contributed by atoms with Gasteiger partial charge >= 0.3 is 36.4 Å². The Kier molecular flexibility index (Phi) is 14.5. The zero-order valence-electron chi connectivity index (χ0n) is 22.8. The number of hydrogen-bond donors (Lipinski definition) is 3. The van der Waals surface area contributed by atoms with Crippen LogP contribution in [0.1, 0.15) is 18.4 Å². The summed E-state index contributed by atoms with van der Waals surface area (Å²) < 4.78 is 107. The highest BCUT2D eigenvalue weighted by Gasteiger charge is 2.48. The molecule has 0 amide bonds. The van der Waals surface area contributed by atoms with E-state index in [0.717, 1.165) is 44.8 Å². The van der Waals surface area contributed by atoms with Crippen LogP contribution in [0.15, 0.2) is 49.1 Å². The second-order valence-corrected chi connectivity index (χ2v) is 9.22. The van der Waals surface area contributed by atoms with E-state index in [9.17, 15) is 39.5 Å². The van der Waals surface area contributed by atoms with Gasteiger partial charge in [0.05, 0.1) is 18.9 Å². The first kappa shape index (κ1) is 38.8. The molecule has 252 valence electrons. The molecule has 2 aromatic rings. The highest BCUT2D eigenvalue weighted by molar-refractivity contribution is 5.73. The van der Waals surface area contributed by atoms with E-state index in [0.29, 0.717) is 12.7 Å². The fourth-order valence-electron chi connectivity index (χ4n) is 3.89. The Balaban J connectivity index is 0.000000396. The molecule has 2 fully saturated rings. The highest BCUT2D eigenvalue weighted by Crippen LogP contribution is 2.41. The van der Waals surface area contributed by atoms with Crippen LogP contribution in [0, 0.1) is 5.41 Å². The van der Waals surface area contributed by atoms with Crippen molar-refractivity contribution >= 4 is 17.9 Å². The number of nitrogens with zero attached hydrogens (tertiary/aromatic N) is 3. The molecule has 20 heteroatoms. The third kappa shape index (κ3) is 14.4. The molecular weight excluding hydrogens is 641 g/mol. The summed E-state index contributed by atoms with van der Waals surface area (Å²) in [5.74, 6) is -7.44. The third-order valence-corrected chi connectivity index (χ3v) is 5.87. The molecule has 45 heavy (non-hydrogen) atoms. The van der Waals surface area contributed by atoms with Crippen LogP contribution in [0.4, 0.5) is 39.5 Å². The number of carboxylic acid groups (broad SMARTS) is 3. The molecule has 2 aliphatic rings. The maximum Gasteiger partial charge on any atom is 0.490 e. The first-order valence-corrected chi connectivity index (χ1v) is 12.3. The van der Waals surface area contributed by atoms with Crippen LogP contribution in [-0.4, -0.2) is 99.0 Å². The van der Waals surface area contributed by atoms with E-state index in [2.05, 4.69) is 20.9 Å². The number of halogens is 9. The minimum atomic E-state index is -5.08. The molecule has 0 radical (unpaired) electrons. The smallest absolute Gasteiger partial charge is 0.490 e. The summed E-state index contributed by atoms with van der Waals surface area (Å²) in [4.78, 5) is 37.6. The molecule has 0 bridgehead atoms. The number of carboxylic acids is 3. The van der Waals surface area contributed by atoms with Gasteiger partial charge in [0, 0.05) is 50.2 Å². The number of likely N-dealkylation sites (tertiary alicyclic amines) is 1. The Bertz CT molecular complexity index is 1160. The molecule has 0 saturated carbocycles. The van der Waals surface area contributed by atoms with Crippen molar-refractivity contribution in [2.75, 3.05) is 26.3 Å². The number of carbonyl (C=O) groups is 3. The van der Waals surface area contributed by atoms with E-state index >= 15 is 0 Å². The van der Waals surface area contributed by atoms with Crippen LogP contribution in [0.3, 0.4) is 0 Å². The molecule has 2 aromatic heterocycles. The number of aliphatic carboxylic acids is 3. The molecule has 11 nitrogen and oxygen atoms in total. The van der Waals surface area contributed by atoms with E-state index in [4.69, 9.17) is 39.2 Å². The molecule has 2 atom stereocenters. The van der Waals surface area contributed by atoms with Crippen LogP contribution in [0.2, 0.25) is 0 Å². The predicted molar refractivity (Wildman–Crippen MR) is 132 cm³/mol. The first-order valence-electron chi connectivity index (χ1n) is 12.3. The maximum atomic E-state index is 10.6. The van der Waals surface area contributed by atoms with Gasteiger partial charge in [-0.3, -0.25) is 14.9 Å². The summed E-state index contributed by atoms with van der Waals surface area (Å²) >= 11 is 0. The van der Waals surface area contributed by atoms with Gasteiger partial charge in [0.2, 0.25) is 0 Å². The van der Waals surface area contributed by atoms with Crippen LogP contribution in [0.5, 0.6) is 5.75 Å². The van der Waals surface area contributed by atoms with Crippen molar-refractivity contribution < 1.29 is 78.7 Å². The number of piperidine rings is 1. The molecule has 0 spiro atoms. The van der Waals surface area contributed by atoms with Gasteiger partial charge in [0.25, 0.3) is 0 Å². The summed E-state index contributed by atoms with van der Waals surface area (Å²) in [5.41, 5.74) is 1.34. The lowest BCUT2D eigenvalue weighted by molar-refractivity contribution is -0.193. The molecule has 0 aliphatic carbocycles. The summed E-state index contributed by atoms with van der Waals surface area (Å²) in [7, 11) is 0.